The van der Waals surface area contributed by atoms with Crippen molar-refractivity contribution in [3.63, 3.8) is 0 Å². The maximum atomic E-state index is 9.01. The Hall–Kier alpha value is -2.76. The van der Waals surface area contributed by atoms with Gasteiger partial charge in [0.15, 0.2) is 11.1 Å². The van der Waals surface area contributed by atoms with Crippen LogP contribution in [0.4, 0.5) is 5.13 Å². The first-order valence-electron chi connectivity index (χ1n) is 8.25. The van der Waals surface area contributed by atoms with Gasteiger partial charge in [0.05, 0.1) is 12.5 Å². The molecule has 0 spiro atoms. The number of nitrogens with zero attached hydrogens (tertiary/aromatic N) is 4. The van der Waals surface area contributed by atoms with Crippen molar-refractivity contribution in [2.24, 2.45) is 4.99 Å². The lowest BCUT2D eigenvalue weighted by atomic mass is 10.1. The molecule has 0 radical (unpaired) electrons. The Morgan fingerprint density at radius 1 is 1.15 bits per heavy atom. The number of nitriles is 1. The van der Waals surface area contributed by atoms with Crippen LogP contribution in [-0.2, 0) is 6.42 Å². The van der Waals surface area contributed by atoms with E-state index in [2.05, 4.69) is 26.7 Å². The van der Waals surface area contributed by atoms with Crippen molar-refractivity contribution in [3.8, 4) is 28.0 Å². The van der Waals surface area contributed by atoms with Crippen molar-refractivity contribution in [1.29, 1.82) is 5.26 Å². The van der Waals surface area contributed by atoms with Gasteiger partial charge in [0.25, 0.3) is 0 Å². The highest BCUT2D eigenvalue weighted by Gasteiger charge is 2.13. The van der Waals surface area contributed by atoms with E-state index in [1.165, 1.54) is 11.3 Å². The van der Waals surface area contributed by atoms with E-state index < -0.39 is 0 Å². The second-order valence-electron chi connectivity index (χ2n) is 5.70. The normalized spacial score (nSPS) is 13.6. The third-order valence-corrected chi connectivity index (χ3v) is 5.54. The average molecular weight is 381 g/mol. The molecule has 26 heavy (non-hydrogen) atoms. The monoisotopic (exact) mass is 380 g/mol. The Morgan fingerprint density at radius 2 is 2.00 bits per heavy atom. The van der Waals surface area contributed by atoms with Gasteiger partial charge in [-0.05, 0) is 12.0 Å². The fourth-order valence-electron chi connectivity index (χ4n) is 2.65. The molecule has 2 aromatic heterocycles. The van der Waals surface area contributed by atoms with Gasteiger partial charge in [0.1, 0.15) is 16.4 Å². The van der Waals surface area contributed by atoms with Crippen LogP contribution in [0.25, 0.3) is 22.0 Å². The Balaban J connectivity index is 1.55. The van der Waals surface area contributed by atoms with Crippen LogP contribution < -0.4 is 10.6 Å². The van der Waals surface area contributed by atoms with Gasteiger partial charge < -0.3 is 10.6 Å². The molecule has 1 aromatic carbocycles. The predicted octanol–water partition coefficient (Wildman–Crippen LogP) is 3.76. The smallest absolute Gasteiger partial charge is 0.197 e. The van der Waals surface area contributed by atoms with Crippen molar-refractivity contribution in [1.82, 2.24) is 15.3 Å². The molecule has 0 fully saturated rings. The summed E-state index contributed by atoms with van der Waals surface area (Å²) >= 11 is 3.10. The molecule has 130 valence electrons. The molecule has 0 atom stereocenters. The molecule has 0 saturated heterocycles. The quantitative estimate of drug-likeness (QED) is 0.720. The van der Waals surface area contributed by atoms with Crippen molar-refractivity contribution >= 4 is 33.8 Å². The zero-order chi connectivity index (χ0) is 17.8. The topological polar surface area (TPSA) is 86.0 Å². The molecule has 0 saturated carbocycles. The van der Waals surface area contributed by atoms with Crippen molar-refractivity contribution in [2.45, 2.75) is 12.8 Å². The van der Waals surface area contributed by atoms with Gasteiger partial charge in [-0.1, -0.05) is 24.3 Å². The number of anilines is 1. The van der Waals surface area contributed by atoms with E-state index >= 15 is 0 Å². The zero-order valence-electron chi connectivity index (χ0n) is 13.9. The first-order chi connectivity index (χ1) is 12.8. The summed E-state index contributed by atoms with van der Waals surface area (Å²) in [7, 11) is 0. The number of thiazole rings is 2. The van der Waals surface area contributed by atoms with Crippen LogP contribution in [0.15, 0.2) is 40.0 Å². The van der Waals surface area contributed by atoms with Crippen LogP contribution in [-0.4, -0.2) is 29.0 Å². The summed E-state index contributed by atoms with van der Waals surface area (Å²) < 4.78 is 0. The number of aliphatic imine (C=N–C) groups is 1. The van der Waals surface area contributed by atoms with E-state index in [0.717, 1.165) is 58.1 Å². The number of guanidine groups is 1. The van der Waals surface area contributed by atoms with E-state index in [4.69, 9.17) is 10.2 Å². The molecule has 0 aliphatic carbocycles. The fourth-order valence-corrected chi connectivity index (χ4v) is 4.23. The van der Waals surface area contributed by atoms with Crippen LogP contribution in [0.1, 0.15) is 12.0 Å². The lowest BCUT2D eigenvalue weighted by Crippen LogP contribution is -2.35. The molecule has 3 heterocycles. The molecule has 0 unspecified atom stereocenters. The number of rotatable bonds is 4. The van der Waals surface area contributed by atoms with E-state index in [1.54, 1.807) is 11.3 Å². The number of nitrogens with one attached hydrogen (secondary N) is 2. The molecule has 0 bridgehead atoms. The molecule has 2 N–H and O–H groups in total. The molecule has 0 amide bonds. The molecule has 4 rings (SSSR count). The highest BCUT2D eigenvalue weighted by atomic mass is 32.1. The zero-order valence-corrected chi connectivity index (χ0v) is 15.5. The van der Waals surface area contributed by atoms with Gasteiger partial charge in [-0.3, -0.25) is 4.99 Å². The summed E-state index contributed by atoms with van der Waals surface area (Å²) in [4.78, 5) is 13.8. The lowest BCUT2D eigenvalue weighted by molar-refractivity contribution is 0.740. The second-order valence-corrected chi connectivity index (χ2v) is 7.42. The van der Waals surface area contributed by atoms with Gasteiger partial charge in [-0.25, -0.2) is 9.97 Å². The fraction of sp³-hybridized carbons (Fsp3) is 0.222. The third kappa shape index (κ3) is 3.59. The number of benzene rings is 1. The Labute approximate surface area is 159 Å². The third-order valence-electron chi connectivity index (χ3n) is 3.91. The Bertz CT molecular complexity index is 981. The first-order valence-corrected chi connectivity index (χ1v) is 10.0. The molecule has 1 aliphatic rings. The van der Waals surface area contributed by atoms with Crippen LogP contribution in [0.5, 0.6) is 0 Å². The highest BCUT2D eigenvalue weighted by Crippen LogP contribution is 2.32. The van der Waals surface area contributed by atoms with Crippen molar-refractivity contribution < 1.29 is 0 Å². The van der Waals surface area contributed by atoms with Crippen molar-refractivity contribution in [2.75, 3.05) is 18.4 Å². The van der Waals surface area contributed by atoms with E-state index in [1.807, 2.05) is 35.0 Å². The molecule has 6 nitrogen and oxygen atoms in total. The van der Waals surface area contributed by atoms with E-state index in [-0.39, 0.29) is 0 Å². The van der Waals surface area contributed by atoms with Gasteiger partial charge in [0.2, 0.25) is 0 Å². The molecule has 1 aliphatic heterocycles. The number of aromatic nitrogens is 2. The predicted molar refractivity (Wildman–Crippen MR) is 107 cm³/mol. The minimum atomic E-state index is 0.380. The van der Waals surface area contributed by atoms with Crippen LogP contribution in [0.3, 0.4) is 0 Å². The van der Waals surface area contributed by atoms with Crippen molar-refractivity contribution in [3.05, 3.63) is 40.6 Å². The maximum Gasteiger partial charge on any atom is 0.197 e. The molecular formula is C18H16N6S2. The lowest BCUT2D eigenvalue weighted by Gasteiger charge is -2.13. The molecule has 3 aromatic rings. The van der Waals surface area contributed by atoms with Crippen LogP contribution in [0, 0.1) is 11.3 Å². The summed E-state index contributed by atoms with van der Waals surface area (Å²) in [5.74, 6) is 0.779. The number of hydrogen-bond donors (Lipinski definition) is 2. The SMILES string of the molecule is N#CCc1ccccc1-c1nc(-c2csc(NC3=NCCCN3)n2)cs1. The Morgan fingerprint density at radius 3 is 2.85 bits per heavy atom. The minimum Gasteiger partial charge on any atom is -0.356 e. The first kappa shape index (κ1) is 16.7. The van der Waals surface area contributed by atoms with Gasteiger partial charge in [-0.2, -0.15) is 5.26 Å². The van der Waals surface area contributed by atoms with Gasteiger partial charge in [-0.15, -0.1) is 22.7 Å². The second kappa shape index (κ2) is 7.64. The average Bonchev–Trinajstić information content (AvgIpc) is 3.33. The van der Waals surface area contributed by atoms with Gasteiger partial charge in [0, 0.05) is 29.4 Å². The standard InChI is InChI=1S/C18H16N6S2/c19-7-6-12-4-1-2-5-13(12)16-22-14(10-25-16)15-11-26-18(23-15)24-17-20-8-3-9-21-17/h1-2,4-5,10-11H,3,6,8-9H2,(H2,20,21,23,24). The van der Waals surface area contributed by atoms with Gasteiger partial charge >= 0.3 is 0 Å². The summed E-state index contributed by atoms with van der Waals surface area (Å²) in [6.45, 7) is 1.77. The van der Waals surface area contributed by atoms with E-state index in [9.17, 15) is 0 Å². The summed E-state index contributed by atoms with van der Waals surface area (Å²) in [6.07, 6.45) is 1.44. The number of hydrogen-bond acceptors (Lipinski definition) is 8. The Kier molecular flexibility index (Phi) is 4.91. The summed E-state index contributed by atoms with van der Waals surface area (Å²) in [6, 6.07) is 10.1. The van der Waals surface area contributed by atoms with Crippen LogP contribution >= 0.6 is 22.7 Å². The van der Waals surface area contributed by atoms with Crippen LogP contribution in [0.2, 0.25) is 0 Å². The molecule has 8 heteroatoms. The molecular weight excluding hydrogens is 364 g/mol. The highest BCUT2D eigenvalue weighted by molar-refractivity contribution is 7.14. The maximum absolute atomic E-state index is 9.01. The minimum absolute atomic E-state index is 0.380. The van der Waals surface area contributed by atoms with E-state index in [0.29, 0.717) is 6.42 Å². The largest absolute Gasteiger partial charge is 0.356 e. The summed E-state index contributed by atoms with van der Waals surface area (Å²) in [5, 5.41) is 21.2. The summed E-state index contributed by atoms with van der Waals surface area (Å²) in [5.41, 5.74) is 3.70.